The zero-order valence-corrected chi connectivity index (χ0v) is 16.7. The number of piperidine rings is 1. The minimum atomic E-state index is -0.0699. The number of imidazole rings is 1. The first-order chi connectivity index (χ1) is 14.2. The lowest BCUT2D eigenvalue weighted by molar-refractivity contribution is -0.131. The standard InChI is InChI=1S/C21H21N3O4S/c25-19(12-16-13-24-7-10-29-21(24)22-16)23-5-3-14(4-6-23)20(26)15-1-2-17-18(11-15)28-9-8-27-17/h1-2,7,10-11,13-14H,3-6,8-9,12H2. The van der Waals surface area contributed by atoms with Gasteiger partial charge in [-0.2, -0.15) is 0 Å². The average Bonchev–Trinajstić information content (AvgIpc) is 3.35. The number of aromatic nitrogens is 2. The van der Waals surface area contributed by atoms with E-state index in [0.717, 1.165) is 10.7 Å². The Bertz CT molecular complexity index is 1040. The van der Waals surface area contributed by atoms with E-state index in [1.807, 2.05) is 27.1 Å². The predicted molar refractivity (Wildman–Crippen MR) is 108 cm³/mol. The van der Waals surface area contributed by atoms with E-state index in [1.165, 1.54) is 0 Å². The van der Waals surface area contributed by atoms with E-state index in [1.54, 1.807) is 29.5 Å². The molecule has 1 fully saturated rings. The molecule has 150 valence electrons. The van der Waals surface area contributed by atoms with Crippen LogP contribution in [0, 0.1) is 5.92 Å². The molecule has 0 unspecified atom stereocenters. The van der Waals surface area contributed by atoms with Crippen molar-refractivity contribution in [2.75, 3.05) is 26.3 Å². The van der Waals surface area contributed by atoms with Crippen LogP contribution >= 0.6 is 11.3 Å². The van der Waals surface area contributed by atoms with E-state index in [2.05, 4.69) is 4.98 Å². The Morgan fingerprint density at radius 1 is 1.14 bits per heavy atom. The van der Waals surface area contributed by atoms with Crippen LogP contribution in [0.15, 0.2) is 36.0 Å². The van der Waals surface area contributed by atoms with Crippen LogP contribution in [0.1, 0.15) is 28.9 Å². The molecule has 2 aromatic heterocycles. The molecule has 0 bridgehead atoms. The Labute approximate surface area is 171 Å². The third kappa shape index (κ3) is 3.60. The number of ketones is 1. The second-order valence-corrected chi connectivity index (χ2v) is 8.25. The van der Waals surface area contributed by atoms with Crippen molar-refractivity contribution >= 4 is 28.0 Å². The number of likely N-dealkylation sites (tertiary alicyclic amines) is 1. The molecule has 2 aliphatic rings. The van der Waals surface area contributed by atoms with Gasteiger partial charge in [0, 0.05) is 42.3 Å². The van der Waals surface area contributed by atoms with E-state index in [9.17, 15) is 9.59 Å². The summed E-state index contributed by atoms with van der Waals surface area (Å²) in [6, 6.07) is 5.38. The minimum absolute atomic E-state index is 0.0699. The molecule has 0 atom stereocenters. The fraction of sp³-hybridized carbons (Fsp3) is 0.381. The van der Waals surface area contributed by atoms with Crippen LogP contribution in [0.2, 0.25) is 0 Å². The maximum Gasteiger partial charge on any atom is 0.228 e. The van der Waals surface area contributed by atoms with Crippen molar-refractivity contribution in [1.29, 1.82) is 0 Å². The third-order valence-electron chi connectivity index (χ3n) is 5.52. The normalized spacial score (nSPS) is 16.9. The Kier molecular flexibility index (Phi) is 4.71. The van der Waals surface area contributed by atoms with Gasteiger partial charge in [0.15, 0.2) is 22.2 Å². The number of hydrogen-bond donors (Lipinski definition) is 0. The van der Waals surface area contributed by atoms with Crippen LogP contribution in [0.4, 0.5) is 0 Å². The number of benzene rings is 1. The summed E-state index contributed by atoms with van der Waals surface area (Å²) in [4.78, 5) is 32.8. The quantitative estimate of drug-likeness (QED) is 0.618. The molecule has 2 aliphatic heterocycles. The summed E-state index contributed by atoms with van der Waals surface area (Å²) in [5.41, 5.74) is 1.44. The lowest BCUT2D eigenvalue weighted by atomic mass is 9.88. The first kappa shape index (κ1) is 18.2. The van der Waals surface area contributed by atoms with Crippen molar-refractivity contribution in [1.82, 2.24) is 14.3 Å². The summed E-state index contributed by atoms with van der Waals surface area (Å²) in [7, 11) is 0. The average molecular weight is 411 g/mol. The third-order valence-corrected chi connectivity index (χ3v) is 6.29. The van der Waals surface area contributed by atoms with Crippen LogP contribution in [-0.2, 0) is 11.2 Å². The molecule has 1 aromatic carbocycles. The molecule has 1 saturated heterocycles. The Hall–Kier alpha value is -2.87. The van der Waals surface area contributed by atoms with Crippen molar-refractivity contribution < 1.29 is 19.1 Å². The number of carbonyl (C=O) groups excluding carboxylic acids is 2. The van der Waals surface area contributed by atoms with Crippen molar-refractivity contribution in [2.45, 2.75) is 19.3 Å². The summed E-state index contributed by atoms with van der Waals surface area (Å²) in [5.74, 6) is 1.44. The molecule has 29 heavy (non-hydrogen) atoms. The summed E-state index contributed by atoms with van der Waals surface area (Å²) < 4.78 is 13.0. The summed E-state index contributed by atoms with van der Waals surface area (Å²) in [6.45, 7) is 2.23. The molecular formula is C21H21N3O4S. The largest absolute Gasteiger partial charge is 0.486 e. The predicted octanol–water partition coefficient (Wildman–Crippen LogP) is 2.83. The number of ether oxygens (including phenoxy) is 2. The lowest BCUT2D eigenvalue weighted by Crippen LogP contribution is -2.41. The van der Waals surface area contributed by atoms with Gasteiger partial charge in [0.05, 0.1) is 12.1 Å². The van der Waals surface area contributed by atoms with Gasteiger partial charge in [-0.1, -0.05) is 0 Å². The molecule has 0 aliphatic carbocycles. The highest BCUT2D eigenvalue weighted by atomic mass is 32.1. The Balaban J connectivity index is 1.19. The van der Waals surface area contributed by atoms with Crippen molar-refractivity contribution in [3.05, 3.63) is 47.2 Å². The van der Waals surface area contributed by atoms with Crippen LogP contribution in [0.5, 0.6) is 11.5 Å². The van der Waals surface area contributed by atoms with Crippen molar-refractivity contribution in [3.8, 4) is 11.5 Å². The number of hydrogen-bond acceptors (Lipinski definition) is 6. The number of carbonyl (C=O) groups is 2. The van der Waals surface area contributed by atoms with Crippen LogP contribution in [-0.4, -0.2) is 52.3 Å². The minimum Gasteiger partial charge on any atom is -0.486 e. The molecule has 0 spiro atoms. The van der Waals surface area contributed by atoms with E-state index >= 15 is 0 Å². The molecule has 5 rings (SSSR count). The van der Waals surface area contributed by atoms with E-state index < -0.39 is 0 Å². The smallest absolute Gasteiger partial charge is 0.228 e. The molecule has 8 heteroatoms. The van der Waals surface area contributed by atoms with E-state index in [0.29, 0.717) is 62.6 Å². The first-order valence-corrected chi connectivity index (χ1v) is 10.7. The maximum absolute atomic E-state index is 12.9. The fourth-order valence-electron chi connectivity index (χ4n) is 3.95. The van der Waals surface area contributed by atoms with E-state index in [4.69, 9.17) is 9.47 Å². The molecular weight excluding hydrogens is 390 g/mol. The molecule has 0 N–H and O–H groups in total. The molecule has 4 heterocycles. The zero-order valence-electron chi connectivity index (χ0n) is 15.9. The van der Waals surface area contributed by atoms with Gasteiger partial charge in [0.25, 0.3) is 0 Å². The van der Waals surface area contributed by atoms with Gasteiger partial charge in [-0.25, -0.2) is 4.98 Å². The summed E-state index contributed by atoms with van der Waals surface area (Å²) in [6.07, 6.45) is 5.50. The van der Waals surface area contributed by atoms with Crippen molar-refractivity contribution in [3.63, 3.8) is 0 Å². The fourth-order valence-corrected chi connectivity index (χ4v) is 4.67. The monoisotopic (exact) mass is 411 g/mol. The second kappa shape index (κ2) is 7.51. The second-order valence-electron chi connectivity index (χ2n) is 7.38. The number of thiazole rings is 1. The van der Waals surface area contributed by atoms with Gasteiger partial charge in [-0.3, -0.25) is 14.0 Å². The van der Waals surface area contributed by atoms with Gasteiger partial charge in [-0.05, 0) is 31.0 Å². The van der Waals surface area contributed by atoms with Gasteiger partial charge >= 0.3 is 0 Å². The van der Waals surface area contributed by atoms with Crippen LogP contribution in [0.25, 0.3) is 4.96 Å². The molecule has 3 aromatic rings. The number of fused-ring (bicyclic) bond motifs is 2. The highest BCUT2D eigenvalue weighted by Gasteiger charge is 2.29. The van der Waals surface area contributed by atoms with Gasteiger partial charge < -0.3 is 14.4 Å². The highest BCUT2D eigenvalue weighted by molar-refractivity contribution is 7.15. The van der Waals surface area contributed by atoms with Crippen LogP contribution in [0.3, 0.4) is 0 Å². The lowest BCUT2D eigenvalue weighted by Gasteiger charge is -2.31. The summed E-state index contributed by atoms with van der Waals surface area (Å²) >= 11 is 1.55. The number of rotatable bonds is 4. The number of nitrogens with zero attached hydrogens (tertiary/aromatic N) is 3. The topological polar surface area (TPSA) is 73.1 Å². The Morgan fingerprint density at radius 2 is 1.93 bits per heavy atom. The maximum atomic E-state index is 12.9. The van der Waals surface area contributed by atoms with Crippen LogP contribution < -0.4 is 9.47 Å². The van der Waals surface area contributed by atoms with Crippen molar-refractivity contribution in [2.24, 2.45) is 5.92 Å². The highest BCUT2D eigenvalue weighted by Crippen LogP contribution is 2.32. The first-order valence-electron chi connectivity index (χ1n) is 9.80. The molecule has 7 nitrogen and oxygen atoms in total. The number of amides is 1. The number of Topliss-reactive ketones (excluding diaryl/α,β-unsaturated/α-hetero) is 1. The SMILES string of the molecule is O=C(c1ccc2c(c1)OCCO2)C1CCN(C(=O)Cc2cn3ccsc3n2)CC1. The van der Waals surface area contributed by atoms with Gasteiger partial charge in [0.1, 0.15) is 13.2 Å². The van der Waals surface area contributed by atoms with Gasteiger partial charge in [-0.15, -0.1) is 11.3 Å². The van der Waals surface area contributed by atoms with Gasteiger partial charge in [0.2, 0.25) is 5.91 Å². The molecule has 1 amide bonds. The Morgan fingerprint density at radius 3 is 2.72 bits per heavy atom. The molecule has 0 saturated carbocycles. The molecule has 0 radical (unpaired) electrons. The van der Waals surface area contributed by atoms with E-state index in [-0.39, 0.29) is 17.6 Å². The zero-order chi connectivity index (χ0) is 19.8. The summed E-state index contributed by atoms with van der Waals surface area (Å²) in [5, 5.41) is 1.97.